The number of fused-ring (bicyclic) bond motifs is 1. The van der Waals surface area contributed by atoms with Gasteiger partial charge in [0.05, 0.1) is 18.8 Å². The number of hydrogen-bond donors (Lipinski definition) is 2. The van der Waals surface area contributed by atoms with Gasteiger partial charge in [-0.05, 0) is 52.2 Å². The zero-order chi connectivity index (χ0) is 24.6. The van der Waals surface area contributed by atoms with Gasteiger partial charge in [-0.3, -0.25) is 19.8 Å². The SMILES string of the molecule is CC(C)(C)n1nc(C(=O)N[C@@H]2CCC[C@H]2N2CCOCC2)c2sc(NC(=O)c3ccccc3)nc21. The minimum absolute atomic E-state index is 0.0839. The van der Waals surface area contributed by atoms with Crippen LogP contribution in [-0.2, 0) is 10.3 Å². The van der Waals surface area contributed by atoms with Crippen LogP contribution in [0.5, 0.6) is 0 Å². The first kappa shape index (κ1) is 23.9. The predicted octanol–water partition coefficient (Wildman–Crippen LogP) is 3.48. The number of aromatic nitrogens is 3. The molecule has 1 aromatic carbocycles. The maximum atomic E-state index is 13.5. The summed E-state index contributed by atoms with van der Waals surface area (Å²) in [5, 5.41) is 11.3. The van der Waals surface area contributed by atoms with Crippen LogP contribution in [0, 0.1) is 0 Å². The third-order valence-corrected chi connectivity index (χ3v) is 7.61. The van der Waals surface area contributed by atoms with E-state index in [0.29, 0.717) is 32.8 Å². The van der Waals surface area contributed by atoms with E-state index in [2.05, 4.69) is 25.6 Å². The summed E-state index contributed by atoms with van der Waals surface area (Å²) in [6.07, 6.45) is 3.13. The molecule has 1 aliphatic heterocycles. The Balaban J connectivity index is 1.40. The molecule has 1 saturated carbocycles. The second kappa shape index (κ2) is 9.67. The molecule has 1 aliphatic carbocycles. The van der Waals surface area contributed by atoms with Crippen LogP contribution in [0.15, 0.2) is 30.3 Å². The van der Waals surface area contributed by atoms with Gasteiger partial charge in [-0.25, -0.2) is 4.68 Å². The van der Waals surface area contributed by atoms with Crippen molar-refractivity contribution in [3.63, 3.8) is 0 Å². The second-order valence-corrected chi connectivity index (χ2v) is 11.1. The van der Waals surface area contributed by atoms with Crippen LogP contribution in [0.4, 0.5) is 5.13 Å². The first-order chi connectivity index (χ1) is 16.8. The largest absolute Gasteiger partial charge is 0.379 e. The van der Waals surface area contributed by atoms with Crippen LogP contribution in [0.1, 0.15) is 60.9 Å². The summed E-state index contributed by atoms with van der Waals surface area (Å²) >= 11 is 1.28. The van der Waals surface area contributed by atoms with Crippen molar-refractivity contribution in [3.05, 3.63) is 41.6 Å². The van der Waals surface area contributed by atoms with Crippen LogP contribution in [0.3, 0.4) is 0 Å². The number of carbonyl (C=O) groups is 2. The van der Waals surface area contributed by atoms with Crippen molar-refractivity contribution in [1.82, 2.24) is 25.0 Å². The topological polar surface area (TPSA) is 101 Å². The number of morpholine rings is 1. The Bertz CT molecular complexity index is 1210. The number of ether oxygens (including phenoxy) is 1. The summed E-state index contributed by atoms with van der Waals surface area (Å²) in [6.45, 7) is 9.35. The third kappa shape index (κ3) is 4.96. The van der Waals surface area contributed by atoms with Gasteiger partial charge in [-0.15, -0.1) is 0 Å². The lowest BCUT2D eigenvalue weighted by molar-refractivity contribution is 0.0126. The minimum Gasteiger partial charge on any atom is -0.379 e. The molecule has 10 heteroatoms. The van der Waals surface area contributed by atoms with E-state index in [1.807, 2.05) is 39.0 Å². The molecule has 2 aliphatic rings. The average molecular weight is 497 g/mol. The average Bonchev–Trinajstić information content (AvgIpc) is 3.55. The molecule has 2 aromatic heterocycles. The molecule has 9 nitrogen and oxygen atoms in total. The van der Waals surface area contributed by atoms with Gasteiger partial charge in [-0.1, -0.05) is 29.5 Å². The predicted molar refractivity (Wildman–Crippen MR) is 136 cm³/mol. The second-order valence-electron chi connectivity index (χ2n) is 10.1. The van der Waals surface area contributed by atoms with Crippen molar-refractivity contribution in [3.8, 4) is 0 Å². The van der Waals surface area contributed by atoms with E-state index in [0.717, 1.165) is 45.6 Å². The standard InChI is InChI=1S/C25H32N6O3S/c1-25(2,3)31-21-20(35-24(27-21)28-22(32)16-8-5-4-6-9-16)19(29-31)23(33)26-17-10-7-11-18(17)30-12-14-34-15-13-30/h4-6,8-9,17-18H,7,10-15H2,1-3H3,(H,26,33)(H,27,28,32)/t17-,18-/m1/s1. The Morgan fingerprint density at radius 3 is 2.54 bits per heavy atom. The molecule has 2 N–H and O–H groups in total. The Morgan fingerprint density at radius 1 is 1.09 bits per heavy atom. The normalized spacial score (nSPS) is 21.3. The molecule has 0 spiro atoms. The minimum atomic E-state index is -0.380. The summed E-state index contributed by atoms with van der Waals surface area (Å²) in [4.78, 5) is 33.3. The van der Waals surface area contributed by atoms with Crippen molar-refractivity contribution in [2.45, 2.75) is 57.7 Å². The Hall–Kier alpha value is -2.82. The number of thiazole rings is 1. The summed E-state index contributed by atoms with van der Waals surface area (Å²) in [5.74, 6) is -0.421. The molecule has 0 unspecified atom stereocenters. The van der Waals surface area contributed by atoms with Crippen molar-refractivity contribution in [1.29, 1.82) is 0 Å². The highest BCUT2D eigenvalue weighted by molar-refractivity contribution is 7.22. The number of nitrogens with zero attached hydrogens (tertiary/aromatic N) is 4. The lowest BCUT2D eigenvalue weighted by atomic mass is 10.1. The Kier molecular flexibility index (Phi) is 6.61. The molecular formula is C25H32N6O3S. The maximum absolute atomic E-state index is 13.5. The van der Waals surface area contributed by atoms with E-state index >= 15 is 0 Å². The van der Waals surface area contributed by atoms with E-state index in [4.69, 9.17) is 4.74 Å². The van der Waals surface area contributed by atoms with Gasteiger partial charge in [0.1, 0.15) is 4.70 Å². The van der Waals surface area contributed by atoms with Gasteiger partial charge in [0.2, 0.25) is 0 Å². The van der Waals surface area contributed by atoms with Gasteiger partial charge >= 0.3 is 0 Å². The molecule has 3 heterocycles. The molecule has 3 aromatic rings. The molecule has 2 atom stereocenters. The number of benzene rings is 1. The Labute approximate surface area is 208 Å². The molecule has 35 heavy (non-hydrogen) atoms. The van der Waals surface area contributed by atoms with E-state index in [1.165, 1.54) is 11.3 Å². The monoisotopic (exact) mass is 496 g/mol. The molecule has 0 bridgehead atoms. The van der Waals surface area contributed by atoms with E-state index in [1.54, 1.807) is 16.8 Å². The molecular weight excluding hydrogens is 464 g/mol. The lowest BCUT2D eigenvalue weighted by Gasteiger charge is -2.35. The smallest absolute Gasteiger partial charge is 0.273 e. The van der Waals surface area contributed by atoms with Gasteiger partial charge in [-0.2, -0.15) is 10.1 Å². The molecule has 0 radical (unpaired) electrons. The van der Waals surface area contributed by atoms with Crippen LogP contribution in [0.2, 0.25) is 0 Å². The molecule has 186 valence electrons. The van der Waals surface area contributed by atoms with Crippen molar-refractivity contribution >= 4 is 38.6 Å². The van der Waals surface area contributed by atoms with E-state index in [-0.39, 0.29) is 23.4 Å². The van der Waals surface area contributed by atoms with Crippen LogP contribution in [0.25, 0.3) is 10.3 Å². The highest BCUT2D eigenvalue weighted by Crippen LogP contribution is 2.33. The number of hydrogen-bond acceptors (Lipinski definition) is 7. The van der Waals surface area contributed by atoms with Gasteiger partial charge in [0.15, 0.2) is 16.5 Å². The van der Waals surface area contributed by atoms with Crippen molar-refractivity contribution < 1.29 is 14.3 Å². The first-order valence-corrected chi connectivity index (χ1v) is 13.0. The number of rotatable bonds is 5. The number of nitrogens with one attached hydrogen (secondary N) is 2. The first-order valence-electron chi connectivity index (χ1n) is 12.2. The molecule has 1 saturated heterocycles. The van der Waals surface area contributed by atoms with Gasteiger partial charge in [0.25, 0.3) is 11.8 Å². The molecule has 2 amide bonds. The quantitative estimate of drug-likeness (QED) is 0.561. The van der Waals surface area contributed by atoms with Crippen LogP contribution >= 0.6 is 11.3 Å². The number of amides is 2. The maximum Gasteiger partial charge on any atom is 0.273 e. The fourth-order valence-corrected chi connectivity index (χ4v) is 5.85. The van der Waals surface area contributed by atoms with E-state index < -0.39 is 0 Å². The molecule has 2 fully saturated rings. The van der Waals surface area contributed by atoms with Crippen molar-refractivity contribution in [2.75, 3.05) is 31.6 Å². The lowest BCUT2D eigenvalue weighted by Crippen LogP contribution is -2.52. The number of anilines is 1. The summed E-state index contributed by atoms with van der Waals surface area (Å²) in [6, 6.07) is 9.42. The highest BCUT2D eigenvalue weighted by atomic mass is 32.1. The zero-order valence-corrected chi connectivity index (χ0v) is 21.2. The summed E-state index contributed by atoms with van der Waals surface area (Å²) in [7, 11) is 0. The van der Waals surface area contributed by atoms with Crippen LogP contribution < -0.4 is 10.6 Å². The van der Waals surface area contributed by atoms with Gasteiger partial charge < -0.3 is 10.1 Å². The fraction of sp³-hybridized carbons (Fsp3) is 0.520. The van der Waals surface area contributed by atoms with E-state index in [9.17, 15) is 9.59 Å². The third-order valence-electron chi connectivity index (χ3n) is 6.64. The van der Waals surface area contributed by atoms with Gasteiger partial charge in [0, 0.05) is 30.7 Å². The number of carbonyl (C=O) groups excluding carboxylic acids is 2. The van der Waals surface area contributed by atoms with Crippen LogP contribution in [-0.4, -0.2) is 69.9 Å². The summed E-state index contributed by atoms with van der Waals surface area (Å²) < 4.78 is 7.97. The fourth-order valence-electron chi connectivity index (χ4n) is 4.92. The zero-order valence-electron chi connectivity index (χ0n) is 20.4. The highest BCUT2D eigenvalue weighted by Gasteiger charge is 2.35. The molecule has 5 rings (SSSR count). The Morgan fingerprint density at radius 2 is 1.83 bits per heavy atom. The van der Waals surface area contributed by atoms with Crippen molar-refractivity contribution in [2.24, 2.45) is 0 Å². The summed E-state index contributed by atoms with van der Waals surface area (Å²) in [5.41, 5.74) is 1.14.